The van der Waals surface area contributed by atoms with E-state index in [2.05, 4.69) is 28.2 Å². The summed E-state index contributed by atoms with van der Waals surface area (Å²) < 4.78 is 0.951. The van der Waals surface area contributed by atoms with E-state index in [0.717, 1.165) is 28.6 Å². The molecule has 0 aliphatic heterocycles. The van der Waals surface area contributed by atoms with Crippen molar-refractivity contribution in [3.05, 3.63) is 33.8 Å². The van der Waals surface area contributed by atoms with Gasteiger partial charge in [0.2, 0.25) is 0 Å². The number of rotatable bonds is 4. The summed E-state index contributed by atoms with van der Waals surface area (Å²) in [4.78, 5) is 12.2. The first-order valence-corrected chi connectivity index (χ1v) is 7.40. The van der Waals surface area contributed by atoms with Gasteiger partial charge in [0.05, 0.1) is 0 Å². The summed E-state index contributed by atoms with van der Waals surface area (Å²) in [6.45, 7) is 5.00. The van der Waals surface area contributed by atoms with Gasteiger partial charge in [0, 0.05) is 16.6 Å². The molecule has 3 heteroatoms. The fraction of sp³-hybridized carbons (Fsp3) is 0.533. The normalized spacial score (nSPS) is 17.1. The van der Waals surface area contributed by atoms with E-state index < -0.39 is 0 Å². The zero-order valence-electron chi connectivity index (χ0n) is 11.1. The lowest BCUT2D eigenvalue weighted by molar-refractivity contribution is 0.0849. The maximum absolute atomic E-state index is 12.2. The highest BCUT2D eigenvalue weighted by Crippen LogP contribution is 2.43. The van der Waals surface area contributed by atoms with Gasteiger partial charge >= 0.3 is 0 Å². The molecule has 1 aromatic carbocycles. The lowest BCUT2D eigenvalue weighted by Crippen LogP contribution is -2.41. The molecule has 1 fully saturated rings. The highest BCUT2D eigenvalue weighted by molar-refractivity contribution is 9.10. The predicted octanol–water partition coefficient (Wildman–Crippen LogP) is 4.07. The summed E-state index contributed by atoms with van der Waals surface area (Å²) in [5.74, 6) is 0.0496. The van der Waals surface area contributed by atoms with Crippen molar-refractivity contribution in [3.63, 3.8) is 0 Å². The van der Waals surface area contributed by atoms with Gasteiger partial charge in [-0.05, 0) is 49.3 Å². The second kappa shape index (κ2) is 5.43. The van der Waals surface area contributed by atoms with Crippen LogP contribution in [0.2, 0.25) is 0 Å². The van der Waals surface area contributed by atoms with Gasteiger partial charge in [-0.15, -0.1) is 0 Å². The molecule has 2 nitrogen and oxygen atoms in total. The number of halogens is 1. The number of aryl methyl sites for hydroxylation is 1. The minimum absolute atomic E-state index is 0.0496. The topological polar surface area (TPSA) is 29.1 Å². The molecule has 1 amide bonds. The van der Waals surface area contributed by atoms with E-state index in [4.69, 9.17) is 0 Å². The van der Waals surface area contributed by atoms with E-state index in [0.29, 0.717) is 5.41 Å². The number of amides is 1. The monoisotopic (exact) mass is 309 g/mol. The summed E-state index contributed by atoms with van der Waals surface area (Å²) in [5.41, 5.74) is 2.17. The van der Waals surface area contributed by atoms with Crippen LogP contribution in [0.3, 0.4) is 0 Å². The van der Waals surface area contributed by atoms with Gasteiger partial charge < -0.3 is 5.32 Å². The highest BCUT2D eigenvalue weighted by Gasteiger charge is 2.35. The van der Waals surface area contributed by atoms with Crippen molar-refractivity contribution in [3.8, 4) is 0 Å². The molecule has 0 spiro atoms. The Labute approximate surface area is 117 Å². The number of benzene rings is 1. The van der Waals surface area contributed by atoms with Gasteiger partial charge in [0.1, 0.15) is 0 Å². The van der Waals surface area contributed by atoms with Crippen LogP contribution in [0.4, 0.5) is 0 Å². The van der Waals surface area contributed by atoms with Crippen LogP contribution in [0.15, 0.2) is 22.7 Å². The third-order valence-corrected chi connectivity index (χ3v) is 4.73. The third kappa shape index (κ3) is 2.77. The fourth-order valence-electron chi connectivity index (χ4n) is 2.53. The molecule has 0 atom stereocenters. The average molecular weight is 310 g/mol. The Balaban J connectivity index is 2.01. The fourth-order valence-corrected chi connectivity index (χ4v) is 2.90. The molecule has 0 aromatic heterocycles. The zero-order valence-corrected chi connectivity index (χ0v) is 12.6. The maximum atomic E-state index is 12.2. The Hall–Kier alpha value is -0.830. The van der Waals surface area contributed by atoms with E-state index in [1.54, 1.807) is 0 Å². The number of nitrogens with one attached hydrogen (secondary N) is 1. The number of carbonyl (C=O) groups is 1. The van der Waals surface area contributed by atoms with Gasteiger partial charge in [0.15, 0.2) is 0 Å². The summed E-state index contributed by atoms with van der Waals surface area (Å²) >= 11 is 3.41. The largest absolute Gasteiger partial charge is 0.351 e. The number of hydrogen-bond donors (Lipinski definition) is 1. The first-order chi connectivity index (χ1) is 8.56. The third-order valence-electron chi connectivity index (χ3n) is 4.23. The van der Waals surface area contributed by atoms with Gasteiger partial charge in [-0.2, -0.15) is 0 Å². The quantitative estimate of drug-likeness (QED) is 0.892. The summed E-state index contributed by atoms with van der Waals surface area (Å²) in [6.07, 6.45) is 4.97. The summed E-state index contributed by atoms with van der Waals surface area (Å²) in [7, 11) is 0. The van der Waals surface area contributed by atoms with Gasteiger partial charge in [-0.25, -0.2) is 0 Å². The van der Waals surface area contributed by atoms with E-state index in [-0.39, 0.29) is 5.91 Å². The van der Waals surface area contributed by atoms with Crippen LogP contribution in [0.1, 0.15) is 48.5 Å². The molecule has 0 unspecified atom stereocenters. The first kappa shape index (κ1) is 13.6. The van der Waals surface area contributed by atoms with Crippen molar-refractivity contribution < 1.29 is 4.79 Å². The first-order valence-electron chi connectivity index (χ1n) is 6.61. The van der Waals surface area contributed by atoms with Crippen LogP contribution in [-0.4, -0.2) is 12.5 Å². The molecular formula is C15H20BrNO. The molecule has 0 saturated heterocycles. The van der Waals surface area contributed by atoms with E-state index in [9.17, 15) is 4.79 Å². The van der Waals surface area contributed by atoms with Crippen LogP contribution in [-0.2, 0) is 0 Å². The van der Waals surface area contributed by atoms with E-state index in [1.807, 2.05) is 25.1 Å². The SMILES string of the molecule is CCC1(CNC(=O)c2cc(Br)ccc2C)CCC1. The molecule has 0 radical (unpaired) electrons. The second-order valence-corrected chi connectivity index (χ2v) is 6.26. The van der Waals surface area contributed by atoms with Crippen molar-refractivity contribution in [2.75, 3.05) is 6.54 Å². The van der Waals surface area contributed by atoms with Crippen LogP contribution < -0.4 is 5.32 Å². The Morgan fingerprint density at radius 2 is 2.17 bits per heavy atom. The lowest BCUT2D eigenvalue weighted by Gasteiger charge is -2.41. The molecule has 0 bridgehead atoms. The molecule has 2 rings (SSSR count). The molecule has 0 heterocycles. The molecule has 18 heavy (non-hydrogen) atoms. The molecule has 1 N–H and O–H groups in total. The molecule has 98 valence electrons. The van der Waals surface area contributed by atoms with E-state index in [1.165, 1.54) is 19.3 Å². The molecule has 1 aliphatic rings. The highest BCUT2D eigenvalue weighted by atomic mass is 79.9. The average Bonchev–Trinajstić information content (AvgIpc) is 2.31. The minimum Gasteiger partial charge on any atom is -0.351 e. The minimum atomic E-state index is 0.0496. The van der Waals surface area contributed by atoms with Gasteiger partial charge in [-0.1, -0.05) is 35.3 Å². The Kier molecular flexibility index (Phi) is 4.10. The lowest BCUT2D eigenvalue weighted by atomic mass is 9.67. The van der Waals surface area contributed by atoms with Crippen LogP contribution in [0.5, 0.6) is 0 Å². The van der Waals surface area contributed by atoms with Gasteiger partial charge in [-0.3, -0.25) is 4.79 Å². The molecular weight excluding hydrogens is 290 g/mol. The Morgan fingerprint density at radius 3 is 2.72 bits per heavy atom. The number of carbonyl (C=O) groups excluding carboxylic acids is 1. The Morgan fingerprint density at radius 1 is 1.44 bits per heavy atom. The van der Waals surface area contributed by atoms with Crippen molar-refractivity contribution in [1.82, 2.24) is 5.32 Å². The van der Waals surface area contributed by atoms with Crippen molar-refractivity contribution in [2.24, 2.45) is 5.41 Å². The standard InChI is InChI=1S/C15H20BrNO/c1-3-15(7-4-8-15)10-17-14(18)13-9-12(16)6-5-11(13)2/h5-6,9H,3-4,7-8,10H2,1-2H3,(H,17,18). The zero-order chi connectivity index (χ0) is 13.2. The van der Waals surface area contributed by atoms with Gasteiger partial charge in [0.25, 0.3) is 5.91 Å². The van der Waals surface area contributed by atoms with Crippen molar-refractivity contribution in [1.29, 1.82) is 0 Å². The second-order valence-electron chi connectivity index (χ2n) is 5.35. The van der Waals surface area contributed by atoms with Crippen LogP contribution >= 0.6 is 15.9 Å². The molecule has 1 aromatic rings. The molecule has 1 aliphatic carbocycles. The maximum Gasteiger partial charge on any atom is 0.251 e. The molecule has 1 saturated carbocycles. The van der Waals surface area contributed by atoms with Crippen molar-refractivity contribution in [2.45, 2.75) is 39.5 Å². The summed E-state index contributed by atoms with van der Waals surface area (Å²) in [6, 6.07) is 5.83. The van der Waals surface area contributed by atoms with Crippen molar-refractivity contribution >= 4 is 21.8 Å². The Bertz CT molecular complexity index is 446. The van der Waals surface area contributed by atoms with Crippen LogP contribution in [0.25, 0.3) is 0 Å². The van der Waals surface area contributed by atoms with E-state index >= 15 is 0 Å². The van der Waals surface area contributed by atoms with Crippen LogP contribution in [0, 0.1) is 12.3 Å². The smallest absolute Gasteiger partial charge is 0.251 e. The number of hydrogen-bond acceptors (Lipinski definition) is 1. The predicted molar refractivity (Wildman–Crippen MR) is 77.8 cm³/mol. The summed E-state index contributed by atoms with van der Waals surface area (Å²) in [5, 5.41) is 3.10.